The van der Waals surface area contributed by atoms with Gasteiger partial charge in [-0.15, -0.1) is 0 Å². The summed E-state index contributed by atoms with van der Waals surface area (Å²) in [7, 11) is 0. The molecule has 0 saturated heterocycles. The Kier molecular flexibility index (Phi) is 2.36. The van der Waals surface area contributed by atoms with Crippen LogP contribution in [0.25, 0.3) is 11.2 Å². The van der Waals surface area contributed by atoms with Crippen molar-refractivity contribution in [3.8, 4) is 0 Å². The number of nitrogens with one attached hydrogen (secondary N) is 1. The molecule has 0 aromatic carbocycles. The standard InChI is InChI=1S/C8H10ClN5O/c1-2-3-14-6-4(11-8(14)15)5(10)12-7(9)13-6/h2-3H2,1H3,(H,11,15)(H2,10,12,13). The molecule has 80 valence electrons. The van der Waals surface area contributed by atoms with Crippen LogP contribution in [0, 0.1) is 0 Å². The number of imidazole rings is 1. The summed E-state index contributed by atoms with van der Waals surface area (Å²) in [5.41, 5.74) is 6.28. The molecule has 0 bridgehead atoms. The molecule has 2 aromatic heterocycles. The van der Waals surface area contributed by atoms with Crippen LogP contribution in [0.1, 0.15) is 13.3 Å². The van der Waals surface area contributed by atoms with Gasteiger partial charge < -0.3 is 10.7 Å². The Morgan fingerprint density at radius 3 is 2.93 bits per heavy atom. The summed E-state index contributed by atoms with van der Waals surface area (Å²) in [6, 6.07) is 0. The molecule has 2 heterocycles. The van der Waals surface area contributed by atoms with Crippen molar-refractivity contribution in [2.45, 2.75) is 19.9 Å². The summed E-state index contributed by atoms with van der Waals surface area (Å²) in [6.45, 7) is 2.54. The lowest BCUT2D eigenvalue weighted by molar-refractivity contribution is 0.669. The number of H-pyrrole nitrogens is 1. The second kappa shape index (κ2) is 3.54. The predicted octanol–water partition coefficient (Wildman–Crippen LogP) is 0.765. The molecule has 0 saturated carbocycles. The zero-order valence-electron chi connectivity index (χ0n) is 8.12. The summed E-state index contributed by atoms with van der Waals surface area (Å²) < 4.78 is 1.50. The van der Waals surface area contributed by atoms with Crippen molar-refractivity contribution in [2.75, 3.05) is 5.73 Å². The molecule has 0 aliphatic carbocycles. The van der Waals surface area contributed by atoms with Gasteiger partial charge in [0.05, 0.1) is 0 Å². The fourth-order valence-corrected chi connectivity index (χ4v) is 1.63. The average Bonchev–Trinajstić information content (AvgIpc) is 2.46. The third kappa shape index (κ3) is 1.56. The number of aromatic amines is 1. The molecule has 0 spiro atoms. The Labute approximate surface area is 90.1 Å². The van der Waals surface area contributed by atoms with E-state index in [2.05, 4.69) is 15.0 Å². The number of nitrogens with zero attached hydrogens (tertiary/aromatic N) is 3. The molecule has 2 rings (SSSR count). The van der Waals surface area contributed by atoms with E-state index in [1.54, 1.807) is 0 Å². The van der Waals surface area contributed by atoms with Gasteiger partial charge in [0, 0.05) is 6.54 Å². The van der Waals surface area contributed by atoms with E-state index in [-0.39, 0.29) is 16.8 Å². The Morgan fingerprint density at radius 1 is 1.53 bits per heavy atom. The number of hydrogen-bond acceptors (Lipinski definition) is 4. The quantitative estimate of drug-likeness (QED) is 0.742. The minimum Gasteiger partial charge on any atom is -0.382 e. The minimum absolute atomic E-state index is 0.0452. The van der Waals surface area contributed by atoms with Gasteiger partial charge in [0.2, 0.25) is 5.28 Å². The first-order valence-corrected chi connectivity index (χ1v) is 4.92. The number of aromatic nitrogens is 4. The fourth-order valence-electron chi connectivity index (χ4n) is 1.46. The maximum absolute atomic E-state index is 11.5. The van der Waals surface area contributed by atoms with Gasteiger partial charge in [0.1, 0.15) is 5.52 Å². The highest BCUT2D eigenvalue weighted by Gasteiger charge is 2.11. The van der Waals surface area contributed by atoms with Gasteiger partial charge in [0.25, 0.3) is 0 Å². The van der Waals surface area contributed by atoms with Gasteiger partial charge in [-0.05, 0) is 18.0 Å². The van der Waals surface area contributed by atoms with Crippen LogP contribution in [-0.4, -0.2) is 19.5 Å². The molecule has 15 heavy (non-hydrogen) atoms. The highest BCUT2D eigenvalue weighted by Crippen LogP contribution is 2.16. The first-order chi connectivity index (χ1) is 7.13. The van der Waals surface area contributed by atoms with Crippen molar-refractivity contribution in [1.29, 1.82) is 0 Å². The van der Waals surface area contributed by atoms with Crippen molar-refractivity contribution < 1.29 is 0 Å². The largest absolute Gasteiger partial charge is 0.382 e. The molecule has 0 fully saturated rings. The molecular weight excluding hydrogens is 218 g/mol. The first kappa shape index (κ1) is 9.97. The van der Waals surface area contributed by atoms with E-state index < -0.39 is 0 Å². The van der Waals surface area contributed by atoms with Crippen LogP contribution in [0.3, 0.4) is 0 Å². The second-order valence-electron chi connectivity index (χ2n) is 3.16. The second-order valence-corrected chi connectivity index (χ2v) is 3.50. The van der Waals surface area contributed by atoms with Crippen molar-refractivity contribution in [2.24, 2.45) is 0 Å². The van der Waals surface area contributed by atoms with Crippen molar-refractivity contribution in [1.82, 2.24) is 19.5 Å². The highest BCUT2D eigenvalue weighted by molar-refractivity contribution is 6.28. The molecule has 0 atom stereocenters. The smallest absolute Gasteiger partial charge is 0.327 e. The van der Waals surface area contributed by atoms with Gasteiger partial charge in [0.15, 0.2) is 11.5 Å². The highest BCUT2D eigenvalue weighted by atomic mass is 35.5. The van der Waals surface area contributed by atoms with Crippen LogP contribution in [0.15, 0.2) is 4.79 Å². The number of hydrogen-bond donors (Lipinski definition) is 2. The number of nitrogen functional groups attached to an aromatic ring is 1. The lowest BCUT2D eigenvalue weighted by atomic mass is 10.4. The lowest BCUT2D eigenvalue weighted by Gasteiger charge is -2.00. The number of aryl methyl sites for hydroxylation is 1. The molecule has 0 aliphatic rings. The van der Waals surface area contributed by atoms with Gasteiger partial charge in [-0.1, -0.05) is 6.92 Å². The number of rotatable bonds is 2. The molecule has 6 nitrogen and oxygen atoms in total. The van der Waals surface area contributed by atoms with E-state index >= 15 is 0 Å². The molecule has 0 amide bonds. The molecule has 2 aromatic rings. The summed E-state index contributed by atoms with van der Waals surface area (Å²) in [5.74, 6) is 0.192. The van der Waals surface area contributed by atoms with Crippen LogP contribution in [0.4, 0.5) is 5.82 Å². The Balaban J connectivity index is 2.80. The van der Waals surface area contributed by atoms with Gasteiger partial charge in [-0.2, -0.15) is 9.97 Å². The van der Waals surface area contributed by atoms with Gasteiger partial charge >= 0.3 is 5.69 Å². The fraction of sp³-hybridized carbons (Fsp3) is 0.375. The maximum atomic E-state index is 11.5. The molecular formula is C8H10ClN5O. The summed E-state index contributed by atoms with van der Waals surface area (Å²) in [5, 5.41) is 0.0452. The zero-order valence-corrected chi connectivity index (χ0v) is 8.88. The Bertz CT molecular complexity index is 558. The number of halogens is 1. The summed E-state index contributed by atoms with van der Waals surface area (Å²) >= 11 is 5.67. The normalized spacial score (nSPS) is 11.1. The zero-order chi connectivity index (χ0) is 11.0. The first-order valence-electron chi connectivity index (χ1n) is 4.55. The van der Waals surface area contributed by atoms with Crippen LogP contribution in [0.2, 0.25) is 5.28 Å². The molecule has 0 unspecified atom stereocenters. The van der Waals surface area contributed by atoms with Crippen molar-refractivity contribution >= 4 is 28.6 Å². The SMILES string of the molecule is CCCn1c(=O)[nH]c2c(N)nc(Cl)nc21. The summed E-state index contributed by atoms with van der Waals surface area (Å²) in [4.78, 5) is 21.9. The van der Waals surface area contributed by atoms with E-state index in [9.17, 15) is 4.79 Å². The number of fused-ring (bicyclic) bond motifs is 1. The van der Waals surface area contributed by atoms with E-state index in [0.717, 1.165) is 6.42 Å². The van der Waals surface area contributed by atoms with E-state index in [4.69, 9.17) is 17.3 Å². The Hall–Kier alpha value is -1.56. The van der Waals surface area contributed by atoms with E-state index in [0.29, 0.717) is 17.7 Å². The van der Waals surface area contributed by atoms with Crippen LogP contribution in [0.5, 0.6) is 0 Å². The minimum atomic E-state index is -0.241. The molecule has 0 radical (unpaired) electrons. The van der Waals surface area contributed by atoms with E-state index in [1.165, 1.54) is 4.57 Å². The topological polar surface area (TPSA) is 89.6 Å². The number of anilines is 1. The summed E-state index contributed by atoms with van der Waals surface area (Å²) in [6.07, 6.45) is 0.828. The molecule has 7 heteroatoms. The molecule has 3 N–H and O–H groups in total. The van der Waals surface area contributed by atoms with Gasteiger partial charge in [-0.25, -0.2) is 4.79 Å². The van der Waals surface area contributed by atoms with Crippen LogP contribution >= 0.6 is 11.6 Å². The Morgan fingerprint density at radius 2 is 2.27 bits per heavy atom. The monoisotopic (exact) mass is 227 g/mol. The van der Waals surface area contributed by atoms with Crippen molar-refractivity contribution in [3.63, 3.8) is 0 Å². The third-order valence-electron chi connectivity index (χ3n) is 2.07. The predicted molar refractivity (Wildman–Crippen MR) is 57.9 cm³/mol. The third-order valence-corrected chi connectivity index (χ3v) is 2.24. The van der Waals surface area contributed by atoms with Crippen molar-refractivity contribution in [3.05, 3.63) is 15.8 Å². The van der Waals surface area contributed by atoms with Crippen LogP contribution < -0.4 is 11.4 Å². The molecule has 0 aliphatic heterocycles. The van der Waals surface area contributed by atoms with Gasteiger partial charge in [-0.3, -0.25) is 4.57 Å². The maximum Gasteiger partial charge on any atom is 0.327 e. The van der Waals surface area contributed by atoms with Crippen LogP contribution in [-0.2, 0) is 6.54 Å². The van der Waals surface area contributed by atoms with E-state index in [1.807, 2.05) is 6.92 Å². The lowest BCUT2D eigenvalue weighted by Crippen LogP contribution is -2.16. The average molecular weight is 228 g/mol. The number of nitrogens with two attached hydrogens (primary N) is 1.